The van der Waals surface area contributed by atoms with Gasteiger partial charge >= 0.3 is 0 Å². The fraction of sp³-hybridized carbons (Fsp3) is 0. The van der Waals surface area contributed by atoms with Crippen LogP contribution in [0.15, 0.2) is 431 Å². The lowest BCUT2D eigenvalue weighted by atomic mass is 9.86. The summed E-state index contributed by atoms with van der Waals surface area (Å²) < 4.78 is 7.28. The van der Waals surface area contributed by atoms with E-state index in [9.17, 15) is 0 Å². The van der Waals surface area contributed by atoms with Crippen LogP contribution in [-0.2, 0) is 0 Å². The molecule has 596 valence electrons. The quantitative estimate of drug-likeness (QED) is 0.0946. The summed E-state index contributed by atoms with van der Waals surface area (Å²) in [6.45, 7) is 0. The molecule has 0 atom stereocenters. The first kappa shape index (κ1) is 72.1. The zero-order valence-electron chi connectivity index (χ0n) is 69.5. The maximum atomic E-state index is 5.11. The lowest BCUT2D eigenvalue weighted by Gasteiger charge is -2.16. The minimum Gasteiger partial charge on any atom is -0.309 e. The van der Waals surface area contributed by atoms with Crippen molar-refractivity contribution in [3.63, 3.8) is 0 Å². The Hall–Kier alpha value is -17.4. The van der Waals surface area contributed by atoms with Crippen LogP contribution >= 0.6 is 0 Å². The predicted molar refractivity (Wildman–Crippen MR) is 537 cm³/mol. The first-order chi connectivity index (χ1) is 64.0. The molecule has 5 heterocycles. The van der Waals surface area contributed by atoms with Crippen LogP contribution < -0.4 is 0 Å². The largest absolute Gasteiger partial charge is 0.309 e. The van der Waals surface area contributed by atoms with Gasteiger partial charge in [0, 0.05) is 104 Å². The molecular weight excluding hydrogens is 1570 g/mol. The minimum atomic E-state index is 0.645. The van der Waals surface area contributed by atoms with Crippen LogP contribution in [0.2, 0.25) is 0 Å². The van der Waals surface area contributed by atoms with Gasteiger partial charge in [0.15, 0.2) is 34.9 Å². The molecule has 0 amide bonds. The van der Waals surface area contributed by atoms with Crippen LogP contribution in [0, 0.1) is 0 Å². The van der Waals surface area contributed by atoms with Gasteiger partial charge in [-0.3, -0.25) is 0 Å². The van der Waals surface area contributed by atoms with Crippen molar-refractivity contribution in [2.75, 3.05) is 0 Å². The van der Waals surface area contributed by atoms with Crippen molar-refractivity contribution in [3.8, 4) is 108 Å². The molecule has 9 nitrogen and oxygen atoms in total. The molecular formula is C120H71N9. The van der Waals surface area contributed by atoms with E-state index in [0.717, 1.165) is 61.4 Å². The Labute approximate surface area is 739 Å². The highest BCUT2D eigenvalue weighted by Crippen LogP contribution is 2.54. The minimum absolute atomic E-state index is 0.645. The SMILES string of the molecule is c1ccc(-c2ccc3c4c2c2cccc5ccc6ccc(c4c6c52)n3-c2ccccc2)cc1.c1ccc(-c2nc(-c3ccccc3)nc(-c3cc4c5cccc6ccc7ccc8c(c7c65)c4c(c3)n8-c3ccccc3)n2)cc1.c1ccc(-c2nc(-c3ccccc3)nc(-c3cccc(-c4cc5c6cccc7ccc8ccc9c(c8c76)c5c(c4)n9-c4ccccc4)c3)n2)cc1. The van der Waals surface area contributed by atoms with E-state index in [4.69, 9.17) is 29.9 Å². The monoisotopic (exact) mass is 1640 g/mol. The van der Waals surface area contributed by atoms with Gasteiger partial charge in [0.05, 0.1) is 33.1 Å². The maximum Gasteiger partial charge on any atom is 0.164 e. The number of rotatable bonds is 11. The van der Waals surface area contributed by atoms with Crippen LogP contribution in [0.25, 0.3) is 270 Å². The summed E-state index contributed by atoms with van der Waals surface area (Å²) in [4.78, 5) is 30.1. The van der Waals surface area contributed by atoms with E-state index in [0.29, 0.717) is 34.9 Å². The van der Waals surface area contributed by atoms with E-state index in [1.807, 2.05) is 97.1 Å². The average Bonchev–Trinajstić information content (AvgIpc) is 1.56. The molecule has 0 aliphatic rings. The van der Waals surface area contributed by atoms with Gasteiger partial charge in [-0.25, -0.2) is 29.9 Å². The summed E-state index contributed by atoms with van der Waals surface area (Å²) >= 11 is 0. The summed E-state index contributed by atoms with van der Waals surface area (Å²) in [5, 5.41) is 31.4. The van der Waals surface area contributed by atoms with E-state index in [2.05, 4.69) is 347 Å². The third-order valence-electron chi connectivity index (χ3n) is 26.7. The molecule has 24 aromatic carbocycles. The molecule has 9 heteroatoms. The lowest BCUT2D eigenvalue weighted by molar-refractivity contribution is 1.07. The number of hydrogen-bond acceptors (Lipinski definition) is 6. The number of nitrogens with zero attached hydrogens (tertiary/aromatic N) is 9. The summed E-state index contributed by atoms with van der Waals surface area (Å²) in [5.74, 6) is 3.92. The third kappa shape index (κ3) is 11.2. The second-order valence-corrected chi connectivity index (χ2v) is 33.8. The fourth-order valence-electron chi connectivity index (χ4n) is 21.2. The Morgan fingerprint density at radius 2 is 0.403 bits per heavy atom. The molecule has 0 unspecified atom stereocenters. The van der Waals surface area contributed by atoms with E-state index in [1.54, 1.807) is 0 Å². The molecule has 0 radical (unpaired) electrons. The highest BCUT2D eigenvalue weighted by molar-refractivity contribution is 6.44. The number of benzene rings is 24. The van der Waals surface area contributed by atoms with Crippen molar-refractivity contribution in [2.24, 2.45) is 0 Å². The summed E-state index contributed by atoms with van der Waals surface area (Å²) in [5.41, 5.74) is 21.3. The van der Waals surface area contributed by atoms with Gasteiger partial charge in [0.1, 0.15) is 0 Å². The first-order valence-corrected chi connectivity index (χ1v) is 44.0. The molecule has 0 bridgehead atoms. The van der Waals surface area contributed by atoms with Gasteiger partial charge in [0.2, 0.25) is 0 Å². The number of fused-ring (bicyclic) bond motifs is 3. The van der Waals surface area contributed by atoms with E-state index >= 15 is 0 Å². The Bertz CT molecular complexity index is 9270. The molecule has 0 saturated carbocycles. The number of para-hydroxylation sites is 3. The van der Waals surface area contributed by atoms with Gasteiger partial charge in [-0.2, -0.15) is 0 Å². The molecule has 29 aromatic rings. The van der Waals surface area contributed by atoms with Crippen LogP contribution in [-0.4, -0.2) is 43.6 Å². The Balaban J connectivity index is 0.000000102. The van der Waals surface area contributed by atoms with Gasteiger partial charge in [-0.05, 0) is 189 Å². The van der Waals surface area contributed by atoms with Crippen LogP contribution in [0.5, 0.6) is 0 Å². The van der Waals surface area contributed by atoms with Gasteiger partial charge in [-0.1, -0.05) is 340 Å². The molecule has 0 fully saturated rings. The number of aromatic nitrogens is 9. The van der Waals surface area contributed by atoms with E-state index in [-0.39, 0.29) is 0 Å². The highest BCUT2D eigenvalue weighted by Gasteiger charge is 2.29. The molecule has 0 aliphatic carbocycles. The highest BCUT2D eigenvalue weighted by atomic mass is 15.1. The average molecular weight is 1640 g/mol. The van der Waals surface area contributed by atoms with E-state index in [1.165, 1.54) is 174 Å². The number of hydrogen-bond donors (Lipinski definition) is 0. The predicted octanol–water partition coefficient (Wildman–Crippen LogP) is 31.1. The van der Waals surface area contributed by atoms with Crippen molar-refractivity contribution in [2.45, 2.75) is 0 Å². The van der Waals surface area contributed by atoms with Gasteiger partial charge in [-0.15, -0.1) is 0 Å². The fourth-order valence-corrected chi connectivity index (χ4v) is 21.2. The third-order valence-corrected chi connectivity index (χ3v) is 26.7. The van der Waals surface area contributed by atoms with Crippen molar-refractivity contribution in [1.29, 1.82) is 0 Å². The van der Waals surface area contributed by atoms with Crippen molar-refractivity contribution in [1.82, 2.24) is 43.6 Å². The summed E-state index contributed by atoms with van der Waals surface area (Å²) in [6, 6.07) is 154. The van der Waals surface area contributed by atoms with Gasteiger partial charge < -0.3 is 13.7 Å². The summed E-state index contributed by atoms with van der Waals surface area (Å²) in [7, 11) is 0. The Morgan fingerprint density at radius 1 is 0.132 bits per heavy atom. The van der Waals surface area contributed by atoms with Crippen LogP contribution in [0.4, 0.5) is 0 Å². The Morgan fingerprint density at radius 3 is 0.806 bits per heavy atom. The van der Waals surface area contributed by atoms with Crippen molar-refractivity contribution < 1.29 is 0 Å². The molecule has 0 saturated heterocycles. The van der Waals surface area contributed by atoms with Crippen LogP contribution in [0.1, 0.15) is 0 Å². The van der Waals surface area contributed by atoms with Crippen LogP contribution in [0.3, 0.4) is 0 Å². The van der Waals surface area contributed by atoms with E-state index < -0.39 is 0 Å². The first-order valence-electron chi connectivity index (χ1n) is 44.0. The topological polar surface area (TPSA) is 92.1 Å². The standard InChI is InChI=1S/C47H28N4.C41H24N4.C32H19N/c1-4-12-31(13-5-1)45-48-46(32-14-6-2-7-15-32)50-47(49-45)34-18-10-17-33(26-34)35-27-38-37-21-11-16-29-22-23-30-24-25-39-44(42(30)41(29)37)43(38)40(28-35)51(39)36-19-8-3-9-20-36;1-4-11-27(12-5-1)39-42-40(28-13-6-2-7-14-28)44-41(43-39)29-23-32-31-18-10-15-25-19-20-26-21-22-33-38(36(26)35(25)31)37(32)34(24-29)45(33)30-16-8-3-9-17-30;1-3-8-20(9-4-1)24-17-19-27-32-30(24)25-13-7-10-21-14-15-22-16-18-26(31(32)29(22)28(21)25)33(27)23-11-5-2-6-12-23/h1-28H;1-24H;1-19H. The second kappa shape index (κ2) is 28.6. The summed E-state index contributed by atoms with van der Waals surface area (Å²) in [6.07, 6.45) is 0. The normalized spacial score (nSPS) is 12.0. The van der Waals surface area contributed by atoms with Crippen molar-refractivity contribution in [3.05, 3.63) is 431 Å². The zero-order valence-corrected chi connectivity index (χ0v) is 69.5. The molecule has 0 aliphatic heterocycles. The lowest BCUT2D eigenvalue weighted by Crippen LogP contribution is -2.00. The molecule has 129 heavy (non-hydrogen) atoms. The maximum absolute atomic E-state index is 5.11. The van der Waals surface area contributed by atoms with Gasteiger partial charge in [0.25, 0.3) is 0 Å². The smallest absolute Gasteiger partial charge is 0.164 e. The molecule has 0 spiro atoms. The molecule has 5 aromatic heterocycles. The molecule has 29 rings (SSSR count). The Kier molecular flexibility index (Phi) is 16.0. The van der Waals surface area contributed by atoms with Crippen molar-refractivity contribution >= 4 is 162 Å². The second-order valence-electron chi connectivity index (χ2n) is 33.8. The molecule has 0 N–H and O–H groups in total. The zero-order chi connectivity index (χ0) is 84.5.